The van der Waals surface area contributed by atoms with E-state index in [1.165, 1.54) is 32.5 Å². The number of hydrogen-bond donors (Lipinski definition) is 0. The lowest BCUT2D eigenvalue weighted by molar-refractivity contribution is 0.0426. The lowest BCUT2D eigenvalue weighted by Crippen LogP contribution is -2.57. The van der Waals surface area contributed by atoms with Crippen molar-refractivity contribution in [2.24, 2.45) is 0 Å². The lowest BCUT2D eigenvalue weighted by atomic mass is 10.0. The van der Waals surface area contributed by atoms with E-state index in [4.69, 9.17) is 6.42 Å². The largest absolute Gasteiger partial charge is 0.298 e. The predicted octanol–water partition coefficient (Wildman–Crippen LogP) is 1.57. The molecule has 0 aromatic heterocycles. The van der Waals surface area contributed by atoms with Crippen LogP contribution in [-0.2, 0) is 0 Å². The minimum absolute atomic E-state index is 0.350. The first-order valence-corrected chi connectivity index (χ1v) is 6.22. The summed E-state index contributed by atoms with van der Waals surface area (Å²) in [5.41, 5.74) is 0. The van der Waals surface area contributed by atoms with Gasteiger partial charge in [0, 0.05) is 25.2 Å². The quantitative estimate of drug-likeness (QED) is 0.633. The van der Waals surface area contributed by atoms with Gasteiger partial charge in [0.2, 0.25) is 0 Å². The molecular formula is C13H22N2. The molecule has 2 rings (SSSR count). The molecule has 3 unspecified atom stereocenters. The second-order valence-corrected chi connectivity index (χ2v) is 4.93. The molecular weight excluding hydrogens is 184 g/mol. The first-order chi connectivity index (χ1) is 7.26. The van der Waals surface area contributed by atoms with Crippen LogP contribution in [-0.4, -0.2) is 47.6 Å². The van der Waals surface area contributed by atoms with Crippen LogP contribution in [0.5, 0.6) is 0 Å². The normalized spacial score (nSPS) is 34.7. The smallest absolute Gasteiger partial charge is 0.0712 e. The maximum Gasteiger partial charge on any atom is 0.0712 e. The summed E-state index contributed by atoms with van der Waals surface area (Å²) in [6.07, 6.45) is 9.42. The Labute approximate surface area is 93.6 Å². The van der Waals surface area contributed by atoms with Crippen LogP contribution >= 0.6 is 0 Å². The Morgan fingerprint density at radius 1 is 1.47 bits per heavy atom. The van der Waals surface area contributed by atoms with E-state index in [1.54, 1.807) is 0 Å². The fourth-order valence-corrected chi connectivity index (χ4v) is 3.09. The van der Waals surface area contributed by atoms with E-state index in [1.807, 2.05) is 0 Å². The van der Waals surface area contributed by atoms with Gasteiger partial charge < -0.3 is 0 Å². The highest BCUT2D eigenvalue weighted by Crippen LogP contribution is 2.26. The molecule has 0 N–H and O–H groups in total. The van der Waals surface area contributed by atoms with Crippen molar-refractivity contribution in [3.63, 3.8) is 0 Å². The molecule has 0 radical (unpaired) electrons. The molecule has 0 aliphatic carbocycles. The van der Waals surface area contributed by atoms with Gasteiger partial charge in [-0.25, -0.2) is 0 Å². The van der Waals surface area contributed by atoms with Crippen molar-refractivity contribution in [2.45, 2.75) is 51.2 Å². The standard InChI is InChI=1S/C13H22N2/c1-4-12(5-2)15-10-13-7-6-8-14(13)9-11(15)3/h1,11-13H,5-10H2,2-3H3. The molecule has 2 aliphatic heterocycles. The van der Waals surface area contributed by atoms with Crippen LogP contribution in [0.3, 0.4) is 0 Å². The number of hydrogen-bond acceptors (Lipinski definition) is 2. The van der Waals surface area contributed by atoms with E-state index in [9.17, 15) is 0 Å². The van der Waals surface area contributed by atoms with E-state index in [0.717, 1.165) is 12.5 Å². The summed E-state index contributed by atoms with van der Waals surface area (Å²) in [6.45, 7) is 8.20. The van der Waals surface area contributed by atoms with Gasteiger partial charge in [-0.05, 0) is 32.7 Å². The van der Waals surface area contributed by atoms with E-state index >= 15 is 0 Å². The molecule has 2 heteroatoms. The Morgan fingerprint density at radius 2 is 2.27 bits per heavy atom. The number of fused-ring (bicyclic) bond motifs is 1. The van der Waals surface area contributed by atoms with E-state index in [-0.39, 0.29) is 0 Å². The van der Waals surface area contributed by atoms with Gasteiger partial charge in [-0.2, -0.15) is 0 Å². The highest BCUT2D eigenvalue weighted by atomic mass is 15.3. The Morgan fingerprint density at radius 3 is 2.93 bits per heavy atom. The van der Waals surface area contributed by atoms with Gasteiger partial charge in [-0.1, -0.05) is 12.8 Å². The third kappa shape index (κ3) is 2.04. The van der Waals surface area contributed by atoms with Crippen molar-refractivity contribution in [2.75, 3.05) is 19.6 Å². The number of rotatable bonds is 2. The Bertz CT molecular complexity index is 256. The van der Waals surface area contributed by atoms with Crippen molar-refractivity contribution in [1.82, 2.24) is 9.80 Å². The highest BCUT2D eigenvalue weighted by molar-refractivity contribution is 5.04. The average molecular weight is 206 g/mol. The molecule has 0 spiro atoms. The van der Waals surface area contributed by atoms with Crippen LogP contribution in [0.15, 0.2) is 0 Å². The zero-order valence-electron chi connectivity index (χ0n) is 9.95. The summed E-state index contributed by atoms with van der Waals surface area (Å²) in [5.74, 6) is 2.94. The monoisotopic (exact) mass is 206 g/mol. The minimum Gasteiger partial charge on any atom is -0.298 e. The zero-order valence-corrected chi connectivity index (χ0v) is 9.95. The van der Waals surface area contributed by atoms with Crippen LogP contribution < -0.4 is 0 Å². The van der Waals surface area contributed by atoms with Gasteiger partial charge in [-0.3, -0.25) is 9.80 Å². The van der Waals surface area contributed by atoms with Crippen LogP contribution in [0.4, 0.5) is 0 Å². The minimum atomic E-state index is 0.350. The number of piperazine rings is 1. The highest BCUT2D eigenvalue weighted by Gasteiger charge is 2.36. The van der Waals surface area contributed by atoms with Crippen LogP contribution in [0.1, 0.15) is 33.1 Å². The van der Waals surface area contributed by atoms with E-state index < -0.39 is 0 Å². The first kappa shape index (κ1) is 11.0. The molecule has 2 aliphatic rings. The SMILES string of the molecule is C#CC(CC)N1CC2CCCN2CC1C. The summed E-state index contributed by atoms with van der Waals surface area (Å²) < 4.78 is 0. The Kier molecular flexibility index (Phi) is 3.33. The van der Waals surface area contributed by atoms with Gasteiger partial charge in [0.05, 0.1) is 6.04 Å². The molecule has 0 aromatic carbocycles. The molecule has 2 heterocycles. The second kappa shape index (κ2) is 4.55. The maximum absolute atomic E-state index is 5.61. The molecule has 2 nitrogen and oxygen atoms in total. The van der Waals surface area contributed by atoms with E-state index in [2.05, 4.69) is 29.6 Å². The third-order valence-corrected chi connectivity index (χ3v) is 3.96. The van der Waals surface area contributed by atoms with E-state index in [0.29, 0.717) is 12.1 Å². The molecule has 3 atom stereocenters. The number of nitrogens with zero attached hydrogens (tertiary/aromatic N) is 2. The first-order valence-electron chi connectivity index (χ1n) is 6.22. The van der Waals surface area contributed by atoms with Crippen molar-refractivity contribution in [3.8, 4) is 12.3 Å². The fraction of sp³-hybridized carbons (Fsp3) is 0.846. The summed E-state index contributed by atoms with van der Waals surface area (Å²) in [5, 5.41) is 0. The number of terminal acetylenes is 1. The van der Waals surface area contributed by atoms with Crippen molar-refractivity contribution < 1.29 is 0 Å². The molecule has 2 fully saturated rings. The van der Waals surface area contributed by atoms with Gasteiger partial charge in [0.1, 0.15) is 0 Å². The summed E-state index contributed by atoms with van der Waals surface area (Å²) in [6, 6.07) is 1.76. The van der Waals surface area contributed by atoms with Crippen molar-refractivity contribution >= 4 is 0 Å². The topological polar surface area (TPSA) is 6.48 Å². The zero-order chi connectivity index (χ0) is 10.8. The average Bonchev–Trinajstić information content (AvgIpc) is 2.67. The van der Waals surface area contributed by atoms with Crippen LogP contribution in [0.2, 0.25) is 0 Å². The van der Waals surface area contributed by atoms with Gasteiger partial charge in [-0.15, -0.1) is 6.42 Å². The summed E-state index contributed by atoms with van der Waals surface area (Å²) in [7, 11) is 0. The Balaban J connectivity index is 2.04. The van der Waals surface area contributed by atoms with Gasteiger partial charge in [0.25, 0.3) is 0 Å². The molecule has 84 valence electrons. The third-order valence-electron chi connectivity index (χ3n) is 3.96. The second-order valence-electron chi connectivity index (χ2n) is 4.93. The Hall–Kier alpha value is -0.520. The molecule has 0 amide bonds. The predicted molar refractivity (Wildman–Crippen MR) is 63.7 cm³/mol. The van der Waals surface area contributed by atoms with Gasteiger partial charge in [0.15, 0.2) is 0 Å². The van der Waals surface area contributed by atoms with Crippen molar-refractivity contribution in [3.05, 3.63) is 0 Å². The molecule has 0 saturated carbocycles. The van der Waals surface area contributed by atoms with Crippen molar-refractivity contribution in [1.29, 1.82) is 0 Å². The van der Waals surface area contributed by atoms with Crippen LogP contribution in [0.25, 0.3) is 0 Å². The summed E-state index contributed by atoms with van der Waals surface area (Å²) >= 11 is 0. The molecule has 0 bridgehead atoms. The molecule has 2 saturated heterocycles. The van der Waals surface area contributed by atoms with Gasteiger partial charge >= 0.3 is 0 Å². The lowest BCUT2D eigenvalue weighted by Gasteiger charge is -2.44. The molecule has 0 aromatic rings. The maximum atomic E-state index is 5.61. The summed E-state index contributed by atoms with van der Waals surface area (Å²) in [4.78, 5) is 5.18. The molecule has 15 heavy (non-hydrogen) atoms. The van der Waals surface area contributed by atoms with Crippen LogP contribution in [0, 0.1) is 12.3 Å². The fourth-order valence-electron chi connectivity index (χ4n) is 3.09.